The summed E-state index contributed by atoms with van der Waals surface area (Å²) in [6.07, 6.45) is 2.22. The average Bonchev–Trinajstić information content (AvgIpc) is 2.41. The van der Waals surface area contributed by atoms with Crippen molar-refractivity contribution in [3.05, 3.63) is 25.3 Å². The first-order valence-corrected chi connectivity index (χ1v) is 5.69. The van der Waals surface area contributed by atoms with Gasteiger partial charge in [-0.1, -0.05) is 12.2 Å². The van der Waals surface area contributed by atoms with E-state index in [1.165, 1.54) is 0 Å². The third kappa shape index (κ3) is 9.29. The summed E-state index contributed by atoms with van der Waals surface area (Å²) in [6, 6.07) is 0. The van der Waals surface area contributed by atoms with Crippen molar-refractivity contribution in [1.29, 1.82) is 0 Å². The van der Waals surface area contributed by atoms with E-state index >= 15 is 0 Å². The maximum atomic E-state index is 8.95. The van der Waals surface area contributed by atoms with Gasteiger partial charge >= 0.3 is 0 Å². The molecular weight excluding hydrogens is 240 g/mol. The maximum absolute atomic E-state index is 8.95. The zero-order valence-electron chi connectivity index (χ0n) is 10.5. The molecule has 2 unspecified atom stereocenters. The molecule has 0 aliphatic heterocycles. The summed E-state index contributed by atoms with van der Waals surface area (Å²) in [5.41, 5.74) is 0. The molecule has 0 aliphatic carbocycles. The van der Waals surface area contributed by atoms with Gasteiger partial charge < -0.3 is 19.7 Å². The Morgan fingerprint density at radius 3 is 1.50 bits per heavy atom. The van der Waals surface area contributed by atoms with Gasteiger partial charge in [0.1, 0.15) is 25.4 Å². The van der Waals surface area contributed by atoms with Gasteiger partial charge in [-0.25, -0.2) is 9.78 Å². The average molecular weight is 262 g/mol. The highest BCUT2D eigenvalue weighted by Gasteiger charge is 2.10. The minimum Gasteiger partial charge on any atom is -0.394 e. The van der Waals surface area contributed by atoms with Crippen LogP contribution in [0.3, 0.4) is 0 Å². The molecule has 0 aromatic rings. The van der Waals surface area contributed by atoms with Crippen molar-refractivity contribution in [2.24, 2.45) is 0 Å². The first-order chi connectivity index (χ1) is 8.78. The van der Waals surface area contributed by atoms with Crippen LogP contribution < -0.4 is 0 Å². The molecule has 0 aromatic carbocycles. The first kappa shape index (κ1) is 17.2. The van der Waals surface area contributed by atoms with E-state index in [9.17, 15) is 0 Å². The Balaban J connectivity index is 3.61. The van der Waals surface area contributed by atoms with E-state index in [-0.39, 0.29) is 26.4 Å². The second-order valence-corrected chi connectivity index (χ2v) is 3.42. The molecule has 0 saturated carbocycles. The fourth-order valence-corrected chi connectivity index (χ4v) is 0.963. The Morgan fingerprint density at radius 2 is 1.22 bits per heavy atom. The van der Waals surface area contributed by atoms with Crippen molar-refractivity contribution < 1.29 is 29.5 Å². The number of ether oxygens (including phenoxy) is 2. The molecule has 0 aliphatic rings. The zero-order valence-corrected chi connectivity index (χ0v) is 10.5. The van der Waals surface area contributed by atoms with E-state index in [2.05, 4.69) is 13.2 Å². The summed E-state index contributed by atoms with van der Waals surface area (Å²) < 4.78 is 10.3. The van der Waals surface area contributed by atoms with Gasteiger partial charge in [0, 0.05) is 0 Å². The van der Waals surface area contributed by atoms with Crippen molar-refractivity contribution >= 4 is 0 Å². The van der Waals surface area contributed by atoms with Crippen LogP contribution in [0.4, 0.5) is 0 Å². The topological polar surface area (TPSA) is 77.4 Å². The van der Waals surface area contributed by atoms with Crippen molar-refractivity contribution in [3.63, 3.8) is 0 Å². The molecule has 0 amide bonds. The van der Waals surface area contributed by atoms with Gasteiger partial charge in [0.2, 0.25) is 0 Å². The fourth-order valence-electron chi connectivity index (χ4n) is 0.963. The number of hydrogen-bond acceptors (Lipinski definition) is 6. The van der Waals surface area contributed by atoms with E-state index < -0.39 is 12.2 Å². The van der Waals surface area contributed by atoms with Crippen molar-refractivity contribution in [2.45, 2.75) is 12.2 Å². The standard InChI is InChI=1S/C12H22O6/c1-3-5-15-11(7-13)9-17-18-10-12(8-14)16-6-4-2/h3-4,11-14H,1-2,5-10H2. The van der Waals surface area contributed by atoms with Crippen LogP contribution in [0.15, 0.2) is 25.3 Å². The minimum atomic E-state index is -0.468. The molecule has 0 saturated heterocycles. The molecule has 0 spiro atoms. The van der Waals surface area contributed by atoms with Crippen LogP contribution >= 0.6 is 0 Å². The molecule has 0 bridgehead atoms. The molecule has 2 atom stereocenters. The normalized spacial score (nSPS) is 14.1. The number of hydrogen-bond donors (Lipinski definition) is 2. The summed E-state index contributed by atoms with van der Waals surface area (Å²) in [7, 11) is 0. The SMILES string of the molecule is C=CCOC(CO)COOCC(CO)OCC=C. The molecular formula is C12H22O6. The summed E-state index contributed by atoms with van der Waals surface area (Å²) in [6.45, 7) is 7.48. The Labute approximate surface area is 107 Å². The lowest BCUT2D eigenvalue weighted by Crippen LogP contribution is -2.27. The third-order valence-corrected chi connectivity index (χ3v) is 1.90. The Hall–Kier alpha value is -0.760. The maximum Gasteiger partial charge on any atom is 0.111 e. The zero-order chi connectivity index (χ0) is 13.6. The molecule has 2 N–H and O–H groups in total. The number of aliphatic hydroxyl groups excluding tert-OH is 2. The van der Waals surface area contributed by atoms with E-state index in [0.717, 1.165) is 0 Å². The van der Waals surface area contributed by atoms with Gasteiger partial charge in [0.15, 0.2) is 0 Å². The van der Waals surface area contributed by atoms with Crippen LogP contribution in [0.25, 0.3) is 0 Å². The monoisotopic (exact) mass is 262 g/mol. The summed E-state index contributed by atoms with van der Waals surface area (Å²) in [4.78, 5) is 9.72. The first-order valence-electron chi connectivity index (χ1n) is 5.69. The highest BCUT2D eigenvalue weighted by atomic mass is 17.2. The highest BCUT2D eigenvalue weighted by Crippen LogP contribution is 1.97. The van der Waals surface area contributed by atoms with E-state index in [0.29, 0.717) is 13.2 Å². The van der Waals surface area contributed by atoms with Crippen LogP contribution in [0.1, 0.15) is 0 Å². The predicted molar refractivity (Wildman–Crippen MR) is 65.9 cm³/mol. The quantitative estimate of drug-likeness (QED) is 0.211. The van der Waals surface area contributed by atoms with Crippen molar-refractivity contribution in [3.8, 4) is 0 Å². The summed E-state index contributed by atoms with van der Waals surface area (Å²) in [5, 5.41) is 17.9. The molecule has 0 rings (SSSR count). The van der Waals surface area contributed by atoms with E-state index in [4.69, 9.17) is 29.5 Å². The van der Waals surface area contributed by atoms with E-state index in [1.54, 1.807) is 12.2 Å². The fraction of sp³-hybridized carbons (Fsp3) is 0.667. The van der Waals surface area contributed by atoms with Crippen LogP contribution in [-0.2, 0) is 19.2 Å². The molecule has 6 nitrogen and oxygen atoms in total. The van der Waals surface area contributed by atoms with Gasteiger partial charge in [-0.05, 0) is 0 Å². The van der Waals surface area contributed by atoms with E-state index in [1.807, 2.05) is 0 Å². The Morgan fingerprint density at radius 1 is 0.833 bits per heavy atom. The lowest BCUT2D eigenvalue weighted by Gasteiger charge is -2.16. The summed E-state index contributed by atoms with van der Waals surface area (Å²) in [5.74, 6) is 0. The van der Waals surface area contributed by atoms with Gasteiger partial charge in [-0.3, -0.25) is 0 Å². The Bertz CT molecular complexity index is 187. The van der Waals surface area contributed by atoms with Crippen LogP contribution in [0.2, 0.25) is 0 Å². The smallest absolute Gasteiger partial charge is 0.111 e. The lowest BCUT2D eigenvalue weighted by atomic mass is 10.4. The van der Waals surface area contributed by atoms with Crippen LogP contribution in [0, 0.1) is 0 Å². The molecule has 0 fully saturated rings. The Kier molecular flexibility index (Phi) is 12.2. The van der Waals surface area contributed by atoms with Gasteiger partial charge in [0.05, 0.1) is 26.4 Å². The van der Waals surface area contributed by atoms with Gasteiger partial charge in [-0.2, -0.15) is 0 Å². The van der Waals surface area contributed by atoms with Gasteiger partial charge in [0.25, 0.3) is 0 Å². The molecule has 18 heavy (non-hydrogen) atoms. The highest BCUT2D eigenvalue weighted by molar-refractivity contribution is 4.67. The number of aliphatic hydroxyl groups is 2. The van der Waals surface area contributed by atoms with Crippen molar-refractivity contribution in [2.75, 3.05) is 39.6 Å². The molecule has 106 valence electrons. The second-order valence-electron chi connectivity index (χ2n) is 3.42. The van der Waals surface area contributed by atoms with Crippen LogP contribution in [-0.4, -0.2) is 62.1 Å². The molecule has 6 heteroatoms. The molecule has 0 heterocycles. The lowest BCUT2D eigenvalue weighted by molar-refractivity contribution is -0.320. The number of rotatable bonds is 13. The predicted octanol–water partition coefficient (Wildman–Crippen LogP) is 0.0616. The second kappa shape index (κ2) is 12.7. The molecule has 0 radical (unpaired) electrons. The largest absolute Gasteiger partial charge is 0.394 e. The van der Waals surface area contributed by atoms with Gasteiger partial charge in [-0.15, -0.1) is 13.2 Å². The van der Waals surface area contributed by atoms with Crippen molar-refractivity contribution in [1.82, 2.24) is 0 Å². The third-order valence-electron chi connectivity index (χ3n) is 1.90. The molecule has 0 aromatic heterocycles. The van der Waals surface area contributed by atoms with Crippen LogP contribution in [0.5, 0.6) is 0 Å². The minimum absolute atomic E-state index is 0.0872. The summed E-state index contributed by atoms with van der Waals surface area (Å²) >= 11 is 0.